The van der Waals surface area contributed by atoms with Crippen LogP contribution < -0.4 is 4.74 Å². The van der Waals surface area contributed by atoms with Crippen molar-refractivity contribution in [2.75, 3.05) is 20.2 Å². The zero-order valence-electron chi connectivity index (χ0n) is 15.9. The van der Waals surface area contributed by atoms with E-state index in [0.717, 1.165) is 0 Å². The van der Waals surface area contributed by atoms with Crippen molar-refractivity contribution in [1.29, 1.82) is 0 Å². The van der Waals surface area contributed by atoms with Crippen LogP contribution in [0.1, 0.15) is 50.8 Å². The molecule has 1 heterocycles. The van der Waals surface area contributed by atoms with Gasteiger partial charge in [0.25, 0.3) is 5.91 Å². The molecule has 0 aromatic heterocycles. The fourth-order valence-electron chi connectivity index (χ4n) is 3.58. The Bertz CT molecular complexity index is 925. The Balaban J connectivity index is 1.79. The van der Waals surface area contributed by atoms with Gasteiger partial charge in [-0.2, -0.15) is 0 Å². The van der Waals surface area contributed by atoms with Crippen LogP contribution in [0.5, 0.6) is 5.75 Å². The molecule has 1 aliphatic heterocycles. The van der Waals surface area contributed by atoms with Gasteiger partial charge in [0.2, 0.25) is 0 Å². The number of amides is 1. The number of carbonyl (C=O) groups is 3. The average molecular weight is 383 g/mol. The Hall–Kier alpha value is -3.02. The average Bonchev–Trinajstić information content (AvgIpc) is 2.72. The van der Waals surface area contributed by atoms with Gasteiger partial charge in [-0.3, -0.25) is 14.4 Å². The lowest BCUT2D eigenvalue weighted by Gasteiger charge is -2.32. The summed E-state index contributed by atoms with van der Waals surface area (Å²) in [5.41, 5.74) is 0.985. The molecule has 2 aromatic rings. The van der Waals surface area contributed by atoms with Gasteiger partial charge in [-0.25, -0.2) is 4.39 Å². The predicted octanol–water partition coefficient (Wildman–Crippen LogP) is 3.77. The van der Waals surface area contributed by atoms with Gasteiger partial charge in [0.05, 0.1) is 12.7 Å². The monoisotopic (exact) mass is 383 g/mol. The van der Waals surface area contributed by atoms with Crippen LogP contribution in [0.25, 0.3) is 0 Å². The van der Waals surface area contributed by atoms with E-state index in [-0.39, 0.29) is 35.3 Å². The Morgan fingerprint density at radius 2 is 1.82 bits per heavy atom. The van der Waals surface area contributed by atoms with E-state index in [1.165, 1.54) is 32.2 Å². The van der Waals surface area contributed by atoms with Gasteiger partial charge in [-0.1, -0.05) is 18.2 Å². The smallest absolute Gasteiger partial charge is 0.254 e. The summed E-state index contributed by atoms with van der Waals surface area (Å²) in [5.74, 6) is -1.55. The zero-order chi connectivity index (χ0) is 20.3. The van der Waals surface area contributed by atoms with E-state index in [4.69, 9.17) is 4.74 Å². The van der Waals surface area contributed by atoms with Crippen molar-refractivity contribution >= 4 is 17.5 Å². The number of hydrogen-bond acceptors (Lipinski definition) is 4. The number of hydrogen-bond donors (Lipinski definition) is 0. The number of ether oxygens (including phenoxy) is 1. The Kier molecular flexibility index (Phi) is 5.87. The fraction of sp³-hybridized carbons (Fsp3) is 0.318. The normalized spacial score (nSPS) is 16.5. The Labute approximate surface area is 163 Å². The second-order valence-corrected chi connectivity index (χ2v) is 6.91. The van der Waals surface area contributed by atoms with E-state index in [0.29, 0.717) is 30.5 Å². The SMILES string of the molecule is COc1ccc(C(=O)[C@H]2CCCN(C(=O)c3ccccc3C(C)=O)C2)cc1F. The maximum Gasteiger partial charge on any atom is 0.254 e. The molecule has 0 saturated carbocycles. The lowest BCUT2D eigenvalue weighted by atomic mass is 9.89. The molecule has 1 saturated heterocycles. The first kappa shape index (κ1) is 19.7. The lowest BCUT2D eigenvalue weighted by molar-refractivity contribution is 0.0633. The van der Waals surface area contributed by atoms with Crippen LogP contribution in [0.15, 0.2) is 42.5 Å². The molecule has 2 aromatic carbocycles. The van der Waals surface area contributed by atoms with Crippen LogP contribution in [0.2, 0.25) is 0 Å². The molecule has 1 fully saturated rings. The molecule has 0 unspecified atom stereocenters. The highest BCUT2D eigenvalue weighted by Gasteiger charge is 2.30. The summed E-state index contributed by atoms with van der Waals surface area (Å²) < 4.78 is 18.8. The number of likely N-dealkylation sites (tertiary alicyclic amines) is 1. The van der Waals surface area contributed by atoms with E-state index in [9.17, 15) is 18.8 Å². The molecule has 0 N–H and O–H groups in total. The fourth-order valence-corrected chi connectivity index (χ4v) is 3.58. The van der Waals surface area contributed by atoms with Gasteiger partial charge in [0.15, 0.2) is 23.1 Å². The van der Waals surface area contributed by atoms with Crippen LogP contribution in [0.4, 0.5) is 4.39 Å². The number of Topliss-reactive ketones (excluding diaryl/α,β-unsaturated/α-hetero) is 2. The molecule has 146 valence electrons. The van der Waals surface area contributed by atoms with E-state index in [2.05, 4.69) is 0 Å². The van der Waals surface area contributed by atoms with Gasteiger partial charge in [-0.05, 0) is 44.0 Å². The summed E-state index contributed by atoms with van der Waals surface area (Å²) in [6.45, 7) is 2.19. The van der Waals surface area contributed by atoms with Crippen LogP contribution in [0, 0.1) is 11.7 Å². The summed E-state index contributed by atoms with van der Waals surface area (Å²) in [6.07, 6.45) is 1.30. The van der Waals surface area contributed by atoms with Crippen LogP contribution in [0.3, 0.4) is 0 Å². The molecule has 0 spiro atoms. The maximum absolute atomic E-state index is 14.0. The minimum Gasteiger partial charge on any atom is -0.494 e. The van der Waals surface area contributed by atoms with Crippen molar-refractivity contribution in [1.82, 2.24) is 4.90 Å². The number of carbonyl (C=O) groups excluding carboxylic acids is 3. The number of benzene rings is 2. The molecule has 28 heavy (non-hydrogen) atoms. The molecular formula is C22H22FNO4. The molecule has 0 bridgehead atoms. The van der Waals surface area contributed by atoms with Crippen LogP contribution in [-0.4, -0.2) is 42.6 Å². The summed E-state index contributed by atoms with van der Waals surface area (Å²) in [4.78, 5) is 39.2. The number of methoxy groups -OCH3 is 1. The molecule has 3 rings (SSSR count). The maximum atomic E-state index is 14.0. The first-order valence-corrected chi connectivity index (χ1v) is 9.19. The lowest BCUT2D eigenvalue weighted by Crippen LogP contribution is -2.42. The third kappa shape index (κ3) is 3.96. The second-order valence-electron chi connectivity index (χ2n) is 6.91. The van der Waals surface area contributed by atoms with E-state index in [1.54, 1.807) is 29.2 Å². The van der Waals surface area contributed by atoms with Gasteiger partial charge in [0, 0.05) is 30.1 Å². The molecule has 0 radical (unpaired) electrons. The van der Waals surface area contributed by atoms with E-state index >= 15 is 0 Å². The Morgan fingerprint density at radius 1 is 1.11 bits per heavy atom. The molecule has 6 heteroatoms. The summed E-state index contributed by atoms with van der Waals surface area (Å²) in [7, 11) is 1.36. The highest BCUT2D eigenvalue weighted by molar-refractivity contribution is 6.07. The summed E-state index contributed by atoms with van der Waals surface area (Å²) >= 11 is 0. The number of rotatable bonds is 5. The predicted molar refractivity (Wildman–Crippen MR) is 102 cm³/mol. The van der Waals surface area contributed by atoms with E-state index < -0.39 is 11.7 Å². The molecular weight excluding hydrogens is 361 g/mol. The number of piperidine rings is 1. The van der Waals surface area contributed by atoms with Gasteiger partial charge in [-0.15, -0.1) is 0 Å². The first-order chi connectivity index (χ1) is 13.4. The number of halogens is 1. The van der Waals surface area contributed by atoms with Gasteiger partial charge in [0.1, 0.15) is 0 Å². The quantitative estimate of drug-likeness (QED) is 0.738. The Morgan fingerprint density at radius 3 is 2.46 bits per heavy atom. The third-order valence-electron chi connectivity index (χ3n) is 5.05. The van der Waals surface area contributed by atoms with Crippen molar-refractivity contribution in [3.63, 3.8) is 0 Å². The van der Waals surface area contributed by atoms with Gasteiger partial charge >= 0.3 is 0 Å². The zero-order valence-corrected chi connectivity index (χ0v) is 15.9. The number of ketones is 2. The molecule has 1 aliphatic rings. The number of nitrogens with zero attached hydrogens (tertiary/aromatic N) is 1. The van der Waals surface area contributed by atoms with Crippen molar-refractivity contribution < 1.29 is 23.5 Å². The minimum absolute atomic E-state index is 0.0813. The van der Waals surface area contributed by atoms with Crippen molar-refractivity contribution in [3.8, 4) is 5.75 Å². The molecule has 1 amide bonds. The topological polar surface area (TPSA) is 63.7 Å². The highest BCUT2D eigenvalue weighted by atomic mass is 19.1. The van der Waals surface area contributed by atoms with Crippen LogP contribution >= 0.6 is 0 Å². The van der Waals surface area contributed by atoms with Gasteiger partial charge < -0.3 is 9.64 Å². The molecule has 1 atom stereocenters. The van der Waals surface area contributed by atoms with E-state index in [1.807, 2.05) is 0 Å². The third-order valence-corrected chi connectivity index (χ3v) is 5.05. The van der Waals surface area contributed by atoms with Crippen molar-refractivity contribution in [2.45, 2.75) is 19.8 Å². The standard InChI is InChI=1S/C22H22FNO4/c1-14(25)17-7-3-4-8-18(17)22(27)24-11-5-6-16(13-24)21(26)15-9-10-20(28-2)19(23)12-15/h3-4,7-10,12,16H,5-6,11,13H2,1-2H3/t16-/m0/s1. The summed E-state index contributed by atoms with van der Waals surface area (Å²) in [5, 5.41) is 0. The molecule has 5 nitrogen and oxygen atoms in total. The largest absolute Gasteiger partial charge is 0.494 e. The van der Waals surface area contributed by atoms with Crippen molar-refractivity contribution in [2.24, 2.45) is 5.92 Å². The van der Waals surface area contributed by atoms with Crippen molar-refractivity contribution in [3.05, 3.63) is 65.0 Å². The van der Waals surface area contributed by atoms with Crippen LogP contribution in [-0.2, 0) is 0 Å². The minimum atomic E-state index is -0.590. The molecule has 0 aliphatic carbocycles. The highest BCUT2D eigenvalue weighted by Crippen LogP contribution is 2.25. The second kappa shape index (κ2) is 8.33. The summed E-state index contributed by atoms with van der Waals surface area (Å²) in [6, 6.07) is 10.8. The first-order valence-electron chi connectivity index (χ1n) is 9.19.